The van der Waals surface area contributed by atoms with Gasteiger partial charge in [0.1, 0.15) is 5.75 Å². The van der Waals surface area contributed by atoms with Crippen LogP contribution in [0.4, 0.5) is 11.6 Å². The van der Waals surface area contributed by atoms with Gasteiger partial charge < -0.3 is 15.2 Å². The number of nitrogens with one attached hydrogen (secondary N) is 1. The minimum absolute atomic E-state index is 0.0270. The number of benzene rings is 2. The number of nitrogens with zero attached hydrogens (tertiary/aromatic N) is 3. The van der Waals surface area contributed by atoms with Crippen molar-refractivity contribution < 1.29 is 14.6 Å². The fraction of sp³-hybridized carbons (Fsp3) is 0.385. The number of aryl methyl sites for hydroxylation is 2. The number of hydrogen-bond acceptors (Lipinski definition) is 6. The number of anilines is 2. The summed E-state index contributed by atoms with van der Waals surface area (Å²) >= 11 is 0. The molecule has 35 heavy (non-hydrogen) atoms. The summed E-state index contributed by atoms with van der Waals surface area (Å²) in [5.74, 6) is -1.11. The molecule has 0 aliphatic carbocycles. The Morgan fingerprint density at radius 3 is 2.34 bits per heavy atom. The third kappa shape index (κ3) is 6.38. The quantitative estimate of drug-likeness (QED) is 0.454. The SMILES string of the molecule is CC[C@@H](Cn1c(=O)nc(Nc2ccc(OC(C)C)c(C)c2)n(Cc2ccc(C)cc2)c1=O)C(=O)O. The first-order valence-corrected chi connectivity index (χ1v) is 11.6. The van der Waals surface area contributed by atoms with E-state index in [4.69, 9.17) is 4.74 Å². The van der Waals surface area contributed by atoms with Crippen molar-refractivity contribution in [2.24, 2.45) is 5.92 Å². The van der Waals surface area contributed by atoms with Gasteiger partial charge in [-0.25, -0.2) is 14.2 Å². The van der Waals surface area contributed by atoms with Gasteiger partial charge in [-0.3, -0.25) is 9.36 Å². The molecule has 2 N–H and O–H groups in total. The third-order valence-electron chi connectivity index (χ3n) is 5.65. The number of hydrogen-bond donors (Lipinski definition) is 2. The van der Waals surface area contributed by atoms with Gasteiger partial charge in [-0.1, -0.05) is 36.8 Å². The second-order valence-corrected chi connectivity index (χ2v) is 8.90. The number of aromatic nitrogens is 3. The van der Waals surface area contributed by atoms with E-state index in [1.807, 2.05) is 64.1 Å². The molecule has 1 aromatic heterocycles. The largest absolute Gasteiger partial charge is 0.491 e. The van der Waals surface area contributed by atoms with E-state index in [0.717, 1.165) is 27.0 Å². The van der Waals surface area contributed by atoms with Gasteiger partial charge >= 0.3 is 17.3 Å². The van der Waals surface area contributed by atoms with Crippen molar-refractivity contribution in [1.82, 2.24) is 14.1 Å². The van der Waals surface area contributed by atoms with E-state index in [9.17, 15) is 19.5 Å². The minimum atomic E-state index is -1.06. The van der Waals surface area contributed by atoms with Crippen LogP contribution in [0.5, 0.6) is 5.75 Å². The van der Waals surface area contributed by atoms with Crippen LogP contribution < -0.4 is 21.4 Å². The highest BCUT2D eigenvalue weighted by atomic mass is 16.5. The molecular weight excluding hydrogens is 448 g/mol. The smallest absolute Gasteiger partial charge is 0.354 e. The predicted octanol–water partition coefficient (Wildman–Crippen LogP) is 3.71. The molecule has 3 aromatic rings. The number of ether oxygens (including phenoxy) is 1. The number of carboxylic acids is 1. The Hall–Kier alpha value is -3.88. The predicted molar refractivity (Wildman–Crippen MR) is 135 cm³/mol. The summed E-state index contributed by atoms with van der Waals surface area (Å²) in [5.41, 5.74) is 2.02. The molecule has 0 unspecified atom stereocenters. The third-order valence-corrected chi connectivity index (χ3v) is 5.65. The van der Waals surface area contributed by atoms with Crippen molar-refractivity contribution in [3.05, 3.63) is 80.1 Å². The zero-order valence-corrected chi connectivity index (χ0v) is 20.7. The maximum Gasteiger partial charge on any atom is 0.354 e. The second kappa shape index (κ2) is 11.0. The van der Waals surface area contributed by atoms with E-state index < -0.39 is 23.3 Å². The lowest BCUT2D eigenvalue weighted by Crippen LogP contribution is -2.44. The zero-order valence-electron chi connectivity index (χ0n) is 20.7. The molecule has 9 heteroatoms. The standard InChI is InChI=1S/C26H32N4O5/c1-6-20(23(31)32)15-30-25(33)28-24(27-21-11-12-22(18(5)13-21)35-16(2)3)29(26(30)34)14-19-9-7-17(4)8-10-19/h7-13,16,20H,6,14-15H2,1-5H3,(H,31,32)(H,27,28,33)/t20-/m0/s1. The van der Waals surface area contributed by atoms with Crippen LogP contribution in [0.1, 0.15) is 43.9 Å². The molecule has 2 aromatic carbocycles. The van der Waals surface area contributed by atoms with E-state index >= 15 is 0 Å². The number of carboxylic acid groups (broad SMARTS) is 1. The van der Waals surface area contributed by atoms with Crippen molar-refractivity contribution in [3.8, 4) is 5.75 Å². The van der Waals surface area contributed by atoms with E-state index in [0.29, 0.717) is 5.69 Å². The summed E-state index contributed by atoms with van der Waals surface area (Å²) in [4.78, 5) is 41.9. The van der Waals surface area contributed by atoms with Crippen molar-refractivity contribution in [2.45, 2.75) is 60.2 Å². The minimum Gasteiger partial charge on any atom is -0.491 e. The fourth-order valence-electron chi connectivity index (χ4n) is 3.64. The second-order valence-electron chi connectivity index (χ2n) is 8.90. The fourth-order valence-corrected chi connectivity index (χ4v) is 3.64. The Bertz CT molecular complexity index is 1310. The zero-order chi connectivity index (χ0) is 25.7. The van der Waals surface area contributed by atoms with Crippen LogP contribution in [0.25, 0.3) is 0 Å². The molecule has 0 aliphatic rings. The summed E-state index contributed by atoms with van der Waals surface area (Å²) < 4.78 is 8.03. The van der Waals surface area contributed by atoms with Crippen LogP contribution in [0.15, 0.2) is 52.1 Å². The van der Waals surface area contributed by atoms with Gasteiger partial charge in [-0.2, -0.15) is 4.98 Å². The van der Waals surface area contributed by atoms with Gasteiger partial charge in [-0.05, 0) is 63.4 Å². The van der Waals surface area contributed by atoms with Crippen LogP contribution in [0.2, 0.25) is 0 Å². The molecule has 0 fully saturated rings. The normalized spacial score (nSPS) is 11.9. The van der Waals surface area contributed by atoms with Gasteiger partial charge in [0.25, 0.3) is 0 Å². The number of aliphatic carboxylic acids is 1. The molecule has 0 aliphatic heterocycles. The van der Waals surface area contributed by atoms with Gasteiger partial charge in [0, 0.05) is 12.2 Å². The summed E-state index contributed by atoms with van der Waals surface area (Å²) in [6, 6.07) is 13.1. The van der Waals surface area contributed by atoms with Crippen molar-refractivity contribution >= 4 is 17.6 Å². The van der Waals surface area contributed by atoms with Gasteiger partial charge in [0.2, 0.25) is 5.95 Å². The van der Waals surface area contributed by atoms with Crippen LogP contribution in [0.3, 0.4) is 0 Å². The molecule has 0 amide bonds. The van der Waals surface area contributed by atoms with Crippen molar-refractivity contribution in [1.29, 1.82) is 0 Å². The maximum atomic E-state index is 13.4. The molecule has 186 valence electrons. The Labute approximate surface area is 204 Å². The average molecular weight is 481 g/mol. The highest BCUT2D eigenvalue weighted by Crippen LogP contribution is 2.24. The number of carbonyl (C=O) groups is 1. The molecule has 1 atom stereocenters. The van der Waals surface area contributed by atoms with E-state index in [2.05, 4.69) is 10.3 Å². The molecule has 0 bridgehead atoms. The Kier molecular flexibility index (Phi) is 8.11. The lowest BCUT2D eigenvalue weighted by molar-refractivity contribution is -0.142. The van der Waals surface area contributed by atoms with Crippen LogP contribution in [-0.4, -0.2) is 31.3 Å². The highest BCUT2D eigenvalue weighted by molar-refractivity contribution is 5.69. The Balaban J connectivity index is 2.06. The molecule has 0 radical (unpaired) electrons. The first-order valence-electron chi connectivity index (χ1n) is 11.6. The first-order chi connectivity index (χ1) is 16.6. The van der Waals surface area contributed by atoms with Gasteiger partial charge in [-0.15, -0.1) is 0 Å². The number of rotatable bonds is 10. The van der Waals surface area contributed by atoms with Crippen molar-refractivity contribution in [3.63, 3.8) is 0 Å². The molecular formula is C26H32N4O5. The van der Waals surface area contributed by atoms with Crippen LogP contribution >= 0.6 is 0 Å². The molecule has 0 spiro atoms. The average Bonchev–Trinajstić information content (AvgIpc) is 2.79. The van der Waals surface area contributed by atoms with Crippen LogP contribution in [-0.2, 0) is 17.9 Å². The van der Waals surface area contributed by atoms with Crippen LogP contribution in [0, 0.1) is 19.8 Å². The summed E-state index contributed by atoms with van der Waals surface area (Å²) in [6.07, 6.45) is 0.308. The summed E-state index contributed by atoms with van der Waals surface area (Å²) in [7, 11) is 0. The molecule has 9 nitrogen and oxygen atoms in total. The monoisotopic (exact) mass is 480 g/mol. The molecule has 0 saturated heterocycles. The van der Waals surface area contributed by atoms with Gasteiger partial charge in [0.05, 0.1) is 18.6 Å². The van der Waals surface area contributed by atoms with Gasteiger partial charge in [0.15, 0.2) is 0 Å². The lowest BCUT2D eigenvalue weighted by Gasteiger charge is -2.18. The lowest BCUT2D eigenvalue weighted by atomic mass is 10.1. The van der Waals surface area contributed by atoms with E-state index in [1.165, 1.54) is 4.57 Å². The summed E-state index contributed by atoms with van der Waals surface area (Å²) in [5, 5.41) is 12.5. The highest BCUT2D eigenvalue weighted by Gasteiger charge is 2.21. The summed E-state index contributed by atoms with van der Waals surface area (Å²) in [6.45, 7) is 9.38. The van der Waals surface area contributed by atoms with E-state index in [-0.39, 0.29) is 31.6 Å². The molecule has 1 heterocycles. The maximum absolute atomic E-state index is 13.4. The van der Waals surface area contributed by atoms with E-state index in [1.54, 1.807) is 13.0 Å². The van der Waals surface area contributed by atoms with Crippen molar-refractivity contribution in [2.75, 3.05) is 5.32 Å². The Morgan fingerprint density at radius 1 is 1.09 bits per heavy atom. The molecule has 0 saturated carbocycles. The molecule has 3 rings (SSSR count). The topological polar surface area (TPSA) is 115 Å². The first kappa shape index (κ1) is 25.7. The Morgan fingerprint density at radius 2 is 1.77 bits per heavy atom.